The fourth-order valence-electron chi connectivity index (χ4n) is 2.66. The molecule has 0 bridgehead atoms. The number of anilines is 1. The summed E-state index contributed by atoms with van der Waals surface area (Å²) < 4.78 is 1.22. The molecule has 2 N–H and O–H groups in total. The molecule has 0 saturated heterocycles. The van der Waals surface area contributed by atoms with Crippen molar-refractivity contribution in [2.75, 3.05) is 5.73 Å². The quantitative estimate of drug-likeness (QED) is 0.444. The zero-order valence-electron chi connectivity index (χ0n) is 13.1. The zero-order valence-corrected chi connectivity index (χ0v) is 13.9. The van der Waals surface area contributed by atoms with Crippen LogP contribution in [0.5, 0.6) is 0 Å². The summed E-state index contributed by atoms with van der Waals surface area (Å²) >= 11 is 1.79. The van der Waals surface area contributed by atoms with Gasteiger partial charge in [0.1, 0.15) is 0 Å². The molecule has 114 valence electrons. The number of fused-ring (bicyclic) bond motifs is 1. The minimum atomic E-state index is 0.804. The number of hydrogen-bond acceptors (Lipinski definition) is 2. The van der Waals surface area contributed by atoms with Gasteiger partial charge in [-0.05, 0) is 30.2 Å². The van der Waals surface area contributed by atoms with Crippen LogP contribution < -0.4 is 5.73 Å². The molecule has 0 saturated carbocycles. The van der Waals surface area contributed by atoms with Crippen molar-refractivity contribution in [1.29, 1.82) is 0 Å². The van der Waals surface area contributed by atoms with Gasteiger partial charge < -0.3 is 5.73 Å². The van der Waals surface area contributed by atoms with Crippen LogP contribution in [0.3, 0.4) is 0 Å². The van der Waals surface area contributed by atoms with Crippen LogP contribution in [-0.2, 0) is 0 Å². The molecule has 0 aliphatic carbocycles. The van der Waals surface area contributed by atoms with Crippen LogP contribution >= 0.6 is 11.3 Å². The topological polar surface area (TPSA) is 26.0 Å². The number of nitrogens with two attached hydrogens (primary N) is 1. The average molecular weight is 317 g/mol. The second kappa shape index (κ2) is 6.67. The van der Waals surface area contributed by atoms with E-state index in [1.807, 2.05) is 24.3 Å². The van der Waals surface area contributed by atoms with Crippen molar-refractivity contribution in [3.8, 4) is 10.4 Å². The van der Waals surface area contributed by atoms with Gasteiger partial charge in [-0.2, -0.15) is 0 Å². The third-order valence-electron chi connectivity index (χ3n) is 3.74. The fraction of sp³-hybridized carbons (Fsp3) is 0.0476. The standard InChI is InChI=1S/C21H19NS/c1-3-4-6-9-15(2)20-18-13-12-17(22)14-19(18)23-21(20)16-10-7-5-8-11-16/h3-14H,1,22H2,2H3/b6-4-,15-9+. The molecule has 1 aromatic heterocycles. The van der Waals surface area contributed by atoms with Crippen molar-refractivity contribution < 1.29 is 0 Å². The maximum absolute atomic E-state index is 5.97. The number of allylic oxidation sites excluding steroid dienone is 5. The van der Waals surface area contributed by atoms with Crippen LogP contribution in [0, 0.1) is 0 Å². The van der Waals surface area contributed by atoms with Gasteiger partial charge in [0.2, 0.25) is 0 Å². The van der Waals surface area contributed by atoms with Crippen molar-refractivity contribution in [2.24, 2.45) is 0 Å². The van der Waals surface area contributed by atoms with Crippen LogP contribution in [-0.4, -0.2) is 0 Å². The smallest absolute Gasteiger partial charge is 0.0430 e. The van der Waals surface area contributed by atoms with Crippen molar-refractivity contribution in [1.82, 2.24) is 0 Å². The van der Waals surface area contributed by atoms with Crippen molar-refractivity contribution in [2.45, 2.75) is 6.92 Å². The molecule has 0 radical (unpaired) electrons. The van der Waals surface area contributed by atoms with E-state index in [0.717, 1.165) is 5.69 Å². The Bertz CT molecular complexity index is 898. The first-order valence-electron chi connectivity index (χ1n) is 7.54. The Kier molecular flexibility index (Phi) is 4.45. The van der Waals surface area contributed by atoms with E-state index < -0.39 is 0 Å². The maximum atomic E-state index is 5.97. The van der Waals surface area contributed by atoms with Crippen LogP contribution in [0.15, 0.2) is 79.4 Å². The van der Waals surface area contributed by atoms with Gasteiger partial charge in [0.25, 0.3) is 0 Å². The summed E-state index contributed by atoms with van der Waals surface area (Å²) in [7, 11) is 0. The minimum absolute atomic E-state index is 0.804. The molecule has 0 fully saturated rings. The lowest BCUT2D eigenvalue weighted by atomic mass is 9.99. The second-order valence-electron chi connectivity index (χ2n) is 5.40. The normalized spacial score (nSPS) is 12.1. The summed E-state index contributed by atoms with van der Waals surface area (Å²) in [5.74, 6) is 0. The first kappa shape index (κ1) is 15.3. The molecule has 0 spiro atoms. The van der Waals surface area contributed by atoms with Gasteiger partial charge in [-0.1, -0.05) is 67.3 Å². The second-order valence-corrected chi connectivity index (χ2v) is 6.45. The highest BCUT2D eigenvalue weighted by Gasteiger charge is 2.15. The van der Waals surface area contributed by atoms with E-state index in [1.54, 1.807) is 17.4 Å². The molecule has 1 heterocycles. The number of rotatable bonds is 4. The first-order chi connectivity index (χ1) is 11.2. The lowest BCUT2D eigenvalue weighted by Gasteiger charge is -2.05. The zero-order chi connectivity index (χ0) is 16.2. The Balaban J connectivity index is 2.26. The predicted octanol–water partition coefficient (Wildman–Crippen LogP) is 6.30. The molecule has 0 amide bonds. The summed E-state index contributed by atoms with van der Waals surface area (Å²) in [4.78, 5) is 1.28. The molecule has 1 nitrogen and oxygen atoms in total. The summed E-state index contributed by atoms with van der Waals surface area (Å²) in [5, 5.41) is 1.25. The highest BCUT2D eigenvalue weighted by Crippen LogP contribution is 2.42. The molecular weight excluding hydrogens is 298 g/mol. The molecule has 0 atom stereocenters. The molecule has 2 heteroatoms. The Labute approximate surface area is 141 Å². The van der Waals surface area contributed by atoms with Gasteiger partial charge >= 0.3 is 0 Å². The number of hydrogen-bond donors (Lipinski definition) is 1. The highest BCUT2D eigenvalue weighted by atomic mass is 32.1. The number of thiophene rings is 1. The molecule has 3 rings (SSSR count). The van der Waals surface area contributed by atoms with Gasteiger partial charge in [-0.3, -0.25) is 0 Å². The average Bonchev–Trinajstić information content (AvgIpc) is 2.94. The molecule has 0 aliphatic rings. The molecule has 0 unspecified atom stereocenters. The van der Waals surface area contributed by atoms with E-state index in [2.05, 4.69) is 56.0 Å². The van der Waals surface area contributed by atoms with Crippen LogP contribution in [0.2, 0.25) is 0 Å². The van der Waals surface area contributed by atoms with Gasteiger partial charge in [0, 0.05) is 26.2 Å². The molecule has 2 aromatic carbocycles. The van der Waals surface area contributed by atoms with E-state index >= 15 is 0 Å². The van der Waals surface area contributed by atoms with E-state index in [9.17, 15) is 0 Å². The predicted molar refractivity (Wildman–Crippen MR) is 105 cm³/mol. The molecular formula is C21H19NS. The Morgan fingerprint density at radius 2 is 1.87 bits per heavy atom. The molecule has 23 heavy (non-hydrogen) atoms. The summed E-state index contributed by atoms with van der Waals surface area (Å²) in [5.41, 5.74) is 10.5. The summed E-state index contributed by atoms with van der Waals surface area (Å²) in [6.45, 7) is 5.87. The Hall–Kier alpha value is -2.58. The van der Waals surface area contributed by atoms with Gasteiger partial charge in [-0.25, -0.2) is 0 Å². The first-order valence-corrected chi connectivity index (χ1v) is 8.36. The van der Waals surface area contributed by atoms with Crippen molar-refractivity contribution >= 4 is 32.7 Å². The van der Waals surface area contributed by atoms with Crippen molar-refractivity contribution in [3.05, 3.63) is 85.0 Å². The lowest BCUT2D eigenvalue weighted by Crippen LogP contribution is -1.84. The molecule has 3 aromatic rings. The third kappa shape index (κ3) is 3.13. The maximum Gasteiger partial charge on any atom is 0.0430 e. The van der Waals surface area contributed by atoms with Gasteiger partial charge in [-0.15, -0.1) is 11.3 Å². The van der Waals surface area contributed by atoms with Crippen LogP contribution in [0.25, 0.3) is 26.1 Å². The highest BCUT2D eigenvalue weighted by molar-refractivity contribution is 7.22. The van der Waals surface area contributed by atoms with E-state index in [0.29, 0.717) is 0 Å². The Morgan fingerprint density at radius 1 is 1.09 bits per heavy atom. The van der Waals surface area contributed by atoms with Gasteiger partial charge in [0.15, 0.2) is 0 Å². The fourth-order valence-corrected chi connectivity index (χ4v) is 3.98. The van der Waals surface area contributed by atoms with Crippen LogP contribution in [0.1, 0.15) is 12.5 Å². The van der Waals surface area contributed by atoms with Gasteiger partial charge in [0.05, 0.1) is 0 Å². The monoisotopic (exact) mass is 317 g/mol. The largest absolute Gasteiger partial charge is 0.399 e. The molecule has 0 aliphatic heterocycles. The number of benzene rings is 2. The minimum Gasteiger partial charge on any atom is -0.399 e. The number of nitrogen functional groups attached to an aromatic ring is 1. The summed E-state index contributed by atoms with van der Waals surface area (Å²) in [6.07, 6.45) is 7.89. The van der Waals surface area contributed by atoms with E-state index in [4.69, 9.17) is 5.73 Å². The van der Waals surface area contributed by atoms with E-state index in [1.165, 1.54) is 31.7 Å². The van der Waals surface area contributed by atoms with Crippen molar-refractivity contribution in [3.63, 3.8) is 0 Å². The SMILES string of the molecule is C=C/C=C\C=C(/C)c1c(-c2ccccc2)sc2cc(N)ccc12. The van der Waals surface area contributed by atoms with Crippen LogP contribution in [0.4, 0.5) is 5.69 Å². The van der Waals surface area contributed by atoms with E-state index in [-0.39, 0.29) is 0 Å². The third-order valence-corrected chi connectivity index (χ3v) is 4.94. The Morgan fingerprint density at radius 3 is 2.61 bits per heavy atom. The summed E-state index contributed by atoms with van der Waals surface area (Å²) in [6, 6.07) is 16.7. The lowest BCUT2D eigenvalue weighted by molar-refractivity contribution is 1.63.